The Bertz CT molecular complexity index is 631. The van der Waals surface area contributed by atoms with Gasteiger partial charge in [-0.2, -0.15) is 0 Å². The van der Waals surface area contributed by atoms with Crippen LogP contribution in [0.25, 0.3) is 0 Å². The lowest BCUT2D eigenvalue weighted by Gasteiger charge is -2.09. The molecule has 104 valence electrons. The number of benzene rings is 2. The zero-order valence-corrected chi connectivity index (χ0v) is 11.6. The Morgan fingerprint density at radius 3 is 2.80 bits per heavy atom. The highest BCUT2D eigenvalue weighted by Crippen LogP contribution is 2.18. The average Bonchev–Trinajstić information content (AvgIpc) is 2.40. The molecule has 0 spiro atoms. The van der Waals surface area contributed by atoms with Crippen LogP contribution in [0.4, 0.5) is 10.1 Å². The molecule has 0 aliphatic rings. The lowest BCUT2D eigenvalue weighted by molar-refractivity contribution is -0.118. The van der Waals surface area contributed by atoms with Crippen molar-refractivity contribution in [3.8, 4) is 5.75 Å². The highest BCUT2D eigenvalue weighted by molar-refractivity contribution is 6.30. The van der Waals surface area contributed by atoms with Crippen LogP contribution in [-0.4, -0.2) is 12.5 Å². The molecular formula is C15H13ClFNO2. The summed E-state index contributed by atoms with van der Waals surface area (Å²) in [5.41, 5.74) is 1.21. The van der Waals surface area contributed by atoms with Gasteiger partial charge in [0.15, 0.2) is 6.61 Å². The number of hydrogen-bond donors (Lipinski definition) is 1. The molecule has 2 aromatic rings. The van der Waals surface area contributed by atoms with Gasteiger partial charge >= 0.3 is 0 Å². The van der Waals surface area contributed by atoms with Crippen LogP contribution in [0.15, 0.2) is 42.5 Å². The number of nitrogens with one attached hydrogen (secondary N) is 1. The smallest absolute Gasteiger partial charge is 0.262 e. The van der Waals surface area contributed by atoms with Crippen LogP contribution in [0.1, 0.15) is 5.56 Å². The van der Waals surface area contributed by atoms with E-state index in [0.717, 1.165) is 0 Å². The number of rotatable bonds is 4. The number of anilines is 1. The predicted molar refractivity (Wildman–Crippen MR) is 76.7 cm³/mol. The number of ether oxygens (including phenoxy) is 1. The Balaban J connectivity index is 1.92. The van der Waals surface area contributed by atoms with Crippen molar-refractivity contribution in [1.82, 2.24) is 0 Å². The molecule has 0 heterocycles. The van der Waals surface area contributed by atoms with Crippen molar-refractivity contribution in [2.45, 2.75) is 6.92 Å². The minimum atomic E-state index is -0.337. The molecule has 0 saturated heterocycles. The van der Waals surface area contributed by atoms with E-state index in [1.165, 1.54) is 18.2 Å². The van der Waals surface area contributed by atoms with Gasteiger partial charge in [-0.25, -0.2) is 4.39 Å². The van der Waals surface area contributed by atoms with E-state index in [0.29, 0.717) is 22.0 Å². The summed E-state index contributed by atoms with van der Waals surface area (Å²) < 4.78 is 18.3. The highest BCUT2D eigenvalue weighted by Gasteiger charge is 2.06. The lowest BCUT2D eigenvalue weighted by Crippen LogP contribution is -2.20. The molecule has 5 heteroatoms. The third-order valence-electron chi connectivity index (χ3n) is 2.63. The van der Waals surface area contributed by atoms with Gasteiger partial charge in [0.05, 0.1) is 0 Å². The zero-order chi connectivity index (χ0) is 14.5. The van der Waals surface area contributed by atoms with Gasteiger partial charge in [-0.05, 0) is 48.9 Å². The van der Waals surface area contributed by atoms with Crippen molar-refractivity contribution in [2.24, 2.45) is 0 Å². The van der Waals surface area contributed by atoms with Crippen molar-refractivity contribution >= 4 is 23.2 Å². The average molecular weight is 294 g/mol. The van der Waals surface area contributed by atoms with Gasteiger partial charge in [-0.3, -0.25) is 4.79 Å². The lowest BCUT2D eigenvalue weighted by atomic mass is 10.2. The topological polar surface area (TPSA) is 38.3 Å². The number of halogens is 2. The van der Waals surface area contributed by atoms with Gasteiger partial charge in [0, 0.05) is 10.7 Å². The third kappa shape index (κ3) is 3.96. The highest BCUT2D eigenvalue weighted by atomic mass is 35.5. The molecule has 0 radical (unpaired) electrons. The van der Waals surface area contributed by atoms with Crippen LogP contribution in [0, 0.1) is 12.7 Å². The van der Waals surface area contributed by atoms with Gasteiger partial charge in [-0.1, -0.05) is 17.7 Å². The standard InChI is InChI=1S/C15H13ClFNO2/c1-10-7-12(17)5-6-14(10)18-15(19)9-20-13-4-2-3-11(16)8-13/h2-8H,9H2,1H3,(H,18,19). The van der Waals surface area contributed by atoms with Crippen LogP contribution in [0.2, 0.25) is 5.02 Å². The van der Waals surface area contributed by atoms with E-state index in [4.69, 9.17) is 16.3 Å². The van der Waals surface area contributed by atoms with Gasteiger partial charge in [0.1, 0.15) is 11.6 Å². The Labute approximate surface area is 121 Å². The molecule has 0 atom stereocenters. The normalized spacial score (nSPS) is 10.2. The zero-order valence-electron chi connectivity index (χ0n) is 10.8. The van der Waals surface area contributed by atoms with Gasteiger partial charge < -0.3 is 10.1 Å². The fourth-order valence-electron chi connectivity index (χ4n) is 1.66. The van der Waals surface area contributed by atoms with Crippen LogP contribution >= 0.6 is 11.6 Å². The summed E-state index contributed by atoms with van der Waals surface area (Å²) in [4.78, 5) is 11.7. The van der Waals surface area contributed by atoms with Crippen molar-refractivity contribution in [2.75, 3.05) is 11.9 Å². The maximum absolute atomic E-state index is 12.9. The molecule has 1 amide bonds. The minimum absolute atomic E-state index is 0.142. The first-order chi connectivity index (χ1) is 9.54. The predicted octanol–water partition coefficient (Wildman–Crippen LogP) is 3.81. The number of amides is 1. The molecule has 0 bridgehead atoms. The molecule has 0 aromatic heterocycles. The van der Waals surface area contributed by atoms with Crippen LogP contribution in [0.5, 0.6) is 5.75 Å². The Kier molecular flexibility index (Phi) is 4.58. The van der Waals surface area contributed by atoms with Gasteiger partial charge in [0.25, 0.3) is 5.91 Å². The molecule has 0 aliphatic carbocycles. The Morgan fingerprint density at radius 1 is 1.30 bits per heavy atom. The number of carbonyl (C=O) groups is 1. The summed E-state index contributed by atoms with van der Waals surface area (Å²) >= 11 is 5.81. The van der Waals surface area contributed by atoms with Crippen LogP contribution in [0.3, 0.4) is 0 Å². The van der Waals surface area contributed by atoms with Crippen molar-refractivity contribution in [1.29, 1.82) is 0 Å². The van der Waals surface area contributed by atoms with Crippen molar-refractivity contribution in [3.05, 3.63) is 58.9 Å². The van der Waals surface area contributed by atoms with Gasteiger partial charge in [-0.15, -0.1) is 0 Å². The van der Waals surface area contributed by atoms with E-state index < -0.39 is 0 Å². The molecule has 3 nitrogen and oxygen atoms in total. The maximum Gasteiger partial charge on any atom is 0.262 e. The van der Waals surface area contributed by atoms with Crippen LogP contribution < -0.4 is 10.1 Å². The monoisotopic (exact) mass is 293 g/mol. The number of aryl methyl sites for hydroxylation is 1. The SMILES string of the molecule is Cc1cc(F)ccc1NC(=O)COc1cccc(Cl)c1. The molecular weight excluding hydrogens is 281 g/mol. The molecule has 0 aliphatic heterocycles. The van der Waals surface area contributed by atoms with Crippen LogP contribution in [-0.2, 0) is 4.79 Å². The second-order valence-corrected chi connectivity index (χ2v) is 4.69. The molecule has 0 fully saturated rings. The molecule has 0 saturated carbocycles. The van der Waals surface area contributed by atoms with E-state index in [9.17, 15) is 9.18 Å². The van der Waals surface area contributed by atoms with E-state index in [2.05, 4.69) is 5.32 Å². The first-order valence-corrected chi connectivity index (χ1v) is 6.37. The fraction of sp³-hybridized carbons (Fsp3) is 0.133. The summed E-state index contributed by atoms with van der Waals surface area (Å²) in [5, 5.41) is 3.20. The molecule has 2 aromatic carbocycles. The summed E-state index contributed by atoms with van der Waals surface area (Å²) in [6.07, 6.45) is 0. The number of hydrogen-bond acceptors (Lipinski definition) is 2. The maximum atomic E-state index is 12.9. The number of carbonyl (C=O) groups excluding carboxylic acids is 1. The van der Waals surface area contributed by atoms with Crippen molar-refractivity contribution in [3.63, 3.8) is 0 Å². The van der Waals surface area contributed by atoms with E-state index in [1.54, 1.807) is 31.2 Å². The van der Waals surface area contributed by atoms with E-state index in [1.807, 2.05) is 0 Å². The molecule has 20 heavy (non-hydrogen) atoms. The van der Waals surface area contributed by atoms with E-state index >= 15 is 0 Å². The molecule has 2 rings (SSSR count). The summed E-state index contributed by atoms with van der Waals surface area (Å²) in [6, 6.07) is 11.0. The third-order valence-corrected chi connectivity index (χ3v) is 2.86. The summed E-state index contributed by atoms with van der Waals surface area (Å²) in [5.74, 6) is -0.140. The van der Waals surface area contributed by atoms with E-state index in [-0.39, 0.29) is 18.3 Å². The summed E-state index contributed by atoms with van der Waals surface area (Å²) in [7, 11) is 0. The fourth-order valence-corrected chi connectivity index (χ4v) is 1.84. The van der Waals surface area contributed by atoms with Gasteiger partial charge in [0.2, 0.25) is 0 Å². The molecule has 0 unspecified atom stereocenters. The second-order valence-electron chi connectivity index (χ2n) is 4.25. The largest absolute Gasteiger partial charge is 0.484 e. The summed E-state index contributed by atoms with van der Waals surface area (Å²) in [6.45, 7) is 1.58. The first kappa shape index (κ1) is 14.3. The first-order valence-electron chi connectivity index (χ1n) is 5.99. The van der Waals surface area contributed by atoms with Crippen molar-refractivity contribution < 1.29 is 13.9 Å². The quantitative estimate of drug-likeness (QED) is 0.931. The molecule has 1 N–H and O–H groups in total. The second kappa shape index (κ2) is 6.39. The Hall–Kier alpha value is -2.07. The Morgan fingerprint density at radius 2 is 2.10 bits per heavy atom. The minimum Gasteiger partial charge on any atom is -0.484 e.